The molecule has 11 nitrogen and oxygen atoms in total. The molecule has 1 saturated heterocycles. The highest BCUT2D eigenvalue weighted by atomic mass is 16.6. The van der Waals surface area contributed by atoms with Crippen LogP contribution in [0.15, 0.2) is 11.6 Å². The monoisotopic (exact) mass is 601 g/mol. The third-order valence-corrected chi connectivity index (χ3v) is 11.6. The lowest BCUT2D eigenvalue weighted by atomic mass is 9.46. The number of likely N-dealkylation sites (tertiary alicyclic amines) is 1. The predicted octanol–water partition coefficient (Wildman–Crippen LogP) is 2.76. The number of hydrogen-bond acceptors (Lipinski definition) is 9. The van der Waals surface area contributed by atoms with Crippen LogP contribution in [0.5, 0.6) is 0 Å². The van der Waals surface area contributed by atoms with Crippen molar-refractivity contribution in [2.45, 2.75) is 109 Å². The Morgan fingerprint density at radius 1 is 1.00 bits per heavy atom. The number of aliphatic hydroxyl groups excluding tert-OH is 1. The number of esters is 2. The van der Waals surface area contributed by atoms with Crippen molar-refractivity contribution in [3.63, 3.8) is 0 Å². The molecule has 1 aliphatic heterocycles. The van der Waals surface area contributed by atoms with Crippen LogP contribution in [-0.4, -0.2) is 81.4 Å². The molecule has 0 aromatic heterocycles. The summed E-state index contributed by atoms with van der Waals surface area (Å²) in [4.78, 5) is 76.1. The second-order valence-electron chi connectivity index (χ2n) is 13.8. The third kappa shape index (κ3) is 5.31. The van der Waals surface area contributed by atoms with Crippen LogP contribution in [0.25, 0.3) is 0 Å². The van der Waals surface area contributed by atoms with E-state index in [2.05, 4.69) is 6.92 Å². The molecule has 0 radical (unpaired) electrons. The van der Waals surface area contributed by atoms with E-state index >= 15 is 0 Å². The zero-order chi connectivity index (χ0) is 31.3. The molecule has 3 saturated carbocycles. The Labute approximate surface area is 251 Å². The van der Waals surface area contributed by atoms with Crippen LogP contribution in [0.1, 0.15) is 91.4 Å². The number of carbonyl (C=O) groups is 6. The van der Waals surface area contributed by atoms with Crippen molar-refractivity contribution in [3.05, 3.63) is 11.6 Å². The van der Waals surface area contributed by atoms with Crippen LogP contribution < -0.4 is 0 Å². The van der Waals surface area contributed by atoms with Crippen molar-refractivity contribution >= 4 is 35.4 Å². The number of β-amino-alcohol motifs (C(OH)–C–C–N with tert-alkyl or cyclic N) is 1. The molecule has 0 bridgehead atoms. The number of hydrogen-bond donors (Lipinski definition) is 2. The Morgan fingerprint density at radius 2 is 1.72 bits per heavy atom. The second kappa shape index (κ2) is 11.4. The molecule has 5 rings (SSSR count). The van der Waals surface area contributed by atoms with Crippen LogP contribution in [-0.2, 0) is 38.2 Å². The van der Waals surface area contributed by atoms with Crippen molar-refractivity contribution in [2.24, 2.45) is 28.6 Å². The number of aliphatic hydroxyl groups is 1. The number of nitrogens with zero attached hydrogens (tertiary/aromatic N) is 1. The van der Waals surface area contributed by atoms with Gasteiger partial charge in [0.2, 0.25) is 11.7 Å². The average Bonchev–Trinajstić information content (AvgIpc) is 3.48. The van der Waals surface area contributed by atoms with Crippen LogP contribution in [0.2, 0.25) is 0 Å². The number of ether oxygens (including phenoxy) is 2. The van der Waals surface area contributed by atoms with Gasteiger partial charge < -0.3 is 24.6 Å². The molecule has 4 fully saturated rings. The van der Waals surface area contributed by atoms with Crippen molar-refractivity contribution < 1.29 is 48.5 Å². The van der Waals surface area contributed by atoms with Crippen LogP contribution in [0.3, 0.4) is 0 Å². The molecule has 5 unspecified atom stereocenters. The first-order valence-electron chi connectivity index (χ1n) is 15.5. The number of fused-ring (bicyclic) bond motifs is 5. The van der Waals surface area contributed by atoms with Gasteiger partial charge in [-0.2, -0.15) is 0 Å². The first-order chi connectivity index (χ1) is 20.2. The fourth-order valence-electron chi connectivity index (χ4n) is 9.50. The smallest absolute Gasteiger partial charge is 0.326 e. The maximum absolute atomic E-state index is 13.9. The molecular weight excluding hydrogens is 558 g/mol. The Balaban J connectivity index is 1.25. The molecule has 8 atom stereocenters. The number of carbonyl (C=O) groups excluding carboxylic acids is 5. The molecule has 1 amide bonds. The summed E-state index contributed by atoms with van der Waals surface area (Å²) in [5, 5.41) is 19.1. The quantitative estimate of drug-likeness (QED) is 0.395. The van der Waals surface area contributed by atoms with Gasteiger partial charge in [-0.3, -0.25) is 24.0 Å². The molecular formula is C32H43NO10. The summed E-state index contributed by atoms with van der Waals surface area (Å²) in [6.07, 6.45) is 5.90. The fraction of sp³-hybridized carbons (Fsp3) is 0.750. The molecule has 43 heavy (non-hydrogen) atoms. The SMILES string of the molecule is CC(=O)O[C@]1(C(=O)COC(=O)CCC(=O)N2CC(O)CC2C(=O)O)CCC2C3CCC4=CC(=O)CC[C@]4(C)C3CC[C@@]21C. The zero-order valence-corrected chi connectivity index (χ0v) is 25.3. The lowest BCUT2D eigenvalue weighted by Crippen LogP contribution is -2.59. The Hall–Kier alpha value is -3.08. The highest BCUT2D eigenvalue weighted by molar-refractivity contribution is 5.94. The maximum Gasteiger partial charge on any atom is 0.326 e. The maximum atomic E-state index is 13.9. The molecule has 0 spiro atoms. The largest absolute Gasteiger partial charge is 0.480 e. The number of Topliss-reactive ketones (excluding diaryl/α,β-unsaturated/α-hetero) is 1. The van der Waals surface area contributed by atoms with Gasteiger partial charge in [-0.1, -0.05) is 19.4 Å². The summed E-state index contributed by atoms with van der Waals surface area (Å²) in [7, 11) is 0. The molecule has 11 heteroatoms. The Bertz CT molecular complexity index is 1260. The van der Waals surface area contributed by atoms with Gasteiger partial charge in [0.05, 0.1) is 12.5 Å². The first-order valence-corrected chi connectivity index (χ1v) is 15.5. The van der Waals surface area contributed by atoms with E-state index in [1.54, 1.807) is 0 Å². The molecule has 0 aromatic rings. The average molecular weight is 602 g/mol. The summed E-state index contributed by atoms with van der Waals surface area (Å²) < 4.78 is 11.2. The number of amides is 1. The molecule has 5 aliphatic rings. The lowest BCUT2D eigenvalue weighted by Gasteiger charge is -2.59. The topological polar surface area (TPSA) is 165 Å². The summed E-state index contributed by atoms with van der Waals surface area (Å²) >= 11 is 0. The fourth-order valence-corrected chi connectivity index (χ4v) is 9.50. The van der Waals surface area contributed by atoms with E-state index in [1.807, 2.05) is 13.0 Å². The minimum absolute atomic E-state index is 0.0422. The normalized spacial score (nSPS) is 38.3. The van der Waals surface area contributed by atoms with Crippen molar-refractivity contribution in [2.75, 3.05) is 13.2 Å². The third-order valence-electron chi connectivity index (χ3n) is 11.6. The zero-order valence-electron chi connectivity index (χ0n) is 25.3. The minimum atomic E-state index is -1.43. The Kier molecular flexibility index (Phi) is 8.35. The molecule has 2 N–H and O–H groups in total. The summed E-state index contributed by atoms with van der Waals surface area (Å²) in [5.41, 5.74) is -0.855. The number of carboxylic acid groups (broad SMARTS) is 1. The molecule has 0 aromatic carbocycles. The van der Waals surface area contributed by atoms with E-state index < -0.39 is 59.4 Å². The number of ketones is 2. The number of rotatable bonds is 8. The van der Waals surface area contributed by atoms with Gasteiger partial charge in [-0.15, -0.1) is 0 Å². The van der Waals surface area contributed by atoms with E-state index in [1.165, 1.54) is 12.5 Å². The van der Waals surface area contributed by atoms with Gasteiger partial charge in [0.15, 0.2) is 18.0 Å². The van der Waals surface area contributed by atoms with Crippen molar-refractivity contribution in [3.8, 4) is 0 Å². The van der Waals surface area contributed by atoms with Crippen molar-refractivity contribution in [1.82, 2.24) is 4.90 Å². The van der Waals surface area contributed by atoms with E-state index in [0.717, 1.165) is 30.6 Å². The van der Waals surface area contributed by atoms with Crippen molar-refractivity contribution in [1.29, 1.82) is 0 Å². The van der Waals surface area contributed by atoms with Crippen LogP contribution >= 0.6 is 0 Å². The van der Waals surface area contributed by atoms with Crippen LogP contribution in [0.4, 0.5) is 0 Å². The van der Waals surface area contributed by atoms with E-state index in [0.29, 0.717) is 37.5 Å². The van der Waals surface area contributed by atoms with E-state index in [9.17, 15) is 39.0 Å². The number of allylic oxidation sites excluding steroid dienone is 1. The number of carboxylic acids is 1. The van der Waals surface area contributed by atoms with Crippen LogP contribution in [0, 0.1) is 28.6 Å². The first kappa shape index (κ1) is 31.3. The van der Waals surface area contributed by atoms with Gasteiger partial charge in [0.25, 0.3) is 0 Å². The lowest BCUT2D eigenvalue weighted by molar-refractivity contribution is -0.191. The number of aliphatic carboxylic acids is 1. The molecule has 4 aliphatic carbocycles. The minimum Gasteiger partial charge on any atom is -0.480 e. The Morgan fingerprint density at radius 3 is 2.42 bits per heavy atom. The van der Waals surface area contributed by atoms with E-state index in [-0.39, 0.29) is 42.9 Å². The highest BCUT2D eigenvalue weighted by Crippen LogP contribution is 2.68. The molecule has 236 valence electrons. The van der Waals surface area contributed by atoms with Gasteiger partial charge in [-0.05, 0) is 74.2 Å². The molecule has 1 heterocycles. The standard InChI is InChI=1S/C32H43NO10/c1-18(34)43-32(26(37)17-42-28(39)7-6-27(38)33-16-21(36)15-25(33)29(40)41)13-10-24-22-5-4-19-14-20(35)8-11-30(19,2)23(22)9-12-31(24,32)3/h14,21-25,36H,4-13,15-17H2,1-3H3,(H,40,41)/t21?,22?,23?,24?,25?,30-,31-,32-/m0/s1. The highest BCUT2D eigenvalue weighted by Gasteiger charge is 2.68. The van der Waals surface area contributed by atoms with E-state index in [4.69, 9.17) is 9.47 Å². The van der Waals surface area contributed by atoms with Gasteiger partial charge in [0.1, 0.15) is 6.04 Å². The van der Waals surface area contributed by atoms with Gasteiger partial charge >= 0.3 is 17.9 Å². The summed E-state index contributed by atoms with van der Waals surface area (Å²) in [5.74, 6) is -2.59. The summed E-state index contributed by atoms with van der Waals surface area (Å²) in [6, 6.07) is -1.15. The van der Waals surface area contributed by atoms with Gasteiger partial charge in [0, 0.05) is 38.1 Å². The predicted molar refractivity (Wildman–Crippen MR) is 150 cm³/mol. The second-order valence-corrected chi connectivity index (χ2v) is 13.8. The van der Waals surface area contributed by atoms with Gasteiger partial charge in [-0.25, -0.2) is 4.79 Å². The summed E-state index contributed by atoms with van der Waals surface area (Å²) in [6.45, 7) is 4.88.